The van der Waals surface area contributed by atoms with Crippen LogP contribution in [-0.2, 0) is 0 Å². The molecule has 2 heteroatoms. The fourth-order valence-electron chi connectivity index (χ4n) is 2.03. The molecular formula is C14H18NTl. The predicted molar refractivity (Wildman–Crippen MR) is 70.8 cm³/mol. The second kappa shape index (κ2) is 4.98. The van der Waals surface area contributed by atoms with Gasteiger partial charge in [0.2, 0.25) is 0 Å². The van der Waals surface area contributed by atoms with Crippen molar-refractivity contribution in [1.29, 1.82) is 0 Å². The van der Waals surface area contributed by atoms with E-state index in [2.05, 4.69) is 32.9 Å². The van der Waals surface area contributed by atoms with Crippen molar-refractivity contribution in [2.45, 2.75) is 40.0 Å². The van der Waals surface area contributed by atoms with E-state index in [4.69, 9.17) is 4.99 Å². The summed E-state index contributed by atoms with van der Waals surface area (Å²) in [6, 6.07) is 4.39. The fraction of sp³-hybridized carbons (Fsp3) is 0.500. The van der Waals surface area contributed by atoms with E-state index >= 15 is 0 Å². The van der Waals surface area contributed by atoms with Gasteiger partial charge in [-0.25, -0.2) is 0 Å². The summed E-state index contributed by atoms with van der Waals surface area (Å²) in [4.78, 5) is 4.93. The van der Waals surface area contributed by atoms with E-state index in [9.17, 15) is 0 Å². The van der Waals surface area contributed by atoms with Crippen molar-refractivity contribution in [3.8, 4) is 0 Å². The molecule has 0 heterocycles. The number of benzene rings is 1. The quantitative estimate of drug-likeness (QED) is 0.527. The van der Waals surface area contributed by atoms with Crippen LogP contribution in [-0.4, -0.2) is 29.0 Å². The van der Waals surface area contributed by atoms with Crippen LogP contribution in [0.25, 0.3) is 0 Å². The SMILES string of the molecule is Cc1ccc(C)c(N=[C]([Tl])C2CCC2)c1C. The monoisotopic (exact) mass is 405 g/mol. The molecule has 0 saturated heterocycles. The summed E-state index contributed by atoms with van der Waals surface area (Å²) in [7, 11) is 0. The zero-order valence-corrected chi connectivity index (χ0v) is 14.9. The number of aryl methyl sites for hydroxylation is 2. The van der Waals surface area contributed by atoms with E-state index in [1.54, 1.807) is 0 Å². The van der Waals surface area contributed by atoms with Crippen LogP contribution in [0.3, 0.4) is 0 Å². The predicted octanol–water partition coefficient (Wildman–Crippen LogP) is 3.61. The summed E-state index contributed by atoms with van der Waals surface area (Å²) in [5.74, 6) is 0.823. The third-order valence-corrected chi connectivity index (χ3v) is 6.00. The maximum absolute atomic E-state index is 4.93. The van der Waals surface area contributed by atoms with Crippen molar-refractivity contribution in [2.75, 3.05) is 0 Å². The first-order valence-corrected chi connectivity index (χ1v) is 8.25. The molecule has 0 unspecified atom stereocenters. The van der Waals surface area contributed by atoms with Gasteiger partial charge in [-0.15, -0.1) is 0 Å². The van der Waals surface area contributed by atoms with Crippen LogP contribution in [0.5, 0.6) is 0 Å². The van der Waals surface area contributed by atoms with Gasteiger partial charge in [0.15, 0.2) is 0 Å². The molecule has 0 N–H and O–H groups in total. The Hall–Kier alpha value is -0.188. The number of aliphatic imine (C=N–C) groups is 1. The van der Waals surface area contributed by atoms with Gasteiger partial charge in [0.25, 0.3) is 0 Å². The molecule has 0 radical (unpaired) electrons. The topological polar surface area (TPSA) is 12.4 Å². The van der Waals surface area contributed by atoms with Gasteiger partial charge in [-0.1, -0.05) is 0 Å². The molecule has 0 aliphatic heterocycles. The van der Waals surface area contributed by atoms with Crippen LogP contribution in [0.15, 0.2) is 17.1 Å². The first-order valence-electron chi connectivity index (χ1n) is 6.00. The Kier molecular flexibility index (Phi) is 3.82. The van der Waals surface area contributed by atoms with Crippen LogP contribution in [0, 0.1) is 26.7 Å². The van der Waals surface area contributed by atoms with E-state index in [0.29, 0.717) is 0 Å². The number of hydrogen-bond acceptors (Lipinski definition) is 1. The molecule has 1 aromatic carbocycles. The van der Waals surface area contributed by atoms with Crippen LogP contribution >= 0.6 is 0 Å². The Morgan fingerprint density at radius 3 is 2.38 bits per heavy atom. The Morgan fingerprint density at radius 1 is 1.19 bits per heavy atom. The van der Waals surface area contributed by atoms with Crippen molar-refractivity contribution in [3.05, 3.63) is 28.8 Å². The molecule has 2 rings (SSSR count). The van der Waals surface area contributed by atoms with Crippen LogP contribution in [0.1, 0.15) is 36.0 Å². The summed E-state index contributed by atoms with van der Waals surface area (Å²) < 4.78 is 1.49. The van der Waals surface area contributed by atoms with Crippen molar-refractivity contribution in [2.24, 2.45) is 10.9 Å². The normalized spacial score (nSPS) is 17.2. The van der Waals surface area contributed by atoms with E-state index in [-0.39, 0.29) is 0 Å². The Morgan fingerprint density at radius 2 is 1.81 bits per heavy atom. The minimum absolute atomic E-state index is 0.823. The van der Waals surface area contributed by atoms with Crippen molar-refractivity contribution < 1.29 is 0 Å². The summed E-state index contributed by atoms with van der Waals surface area (Å²) in [6.07, 6.45) is 4.15. The molecule has 1 saturated carbocycles. The third-order valence-electron chi connectivity index (χ3n) is 3.67. The zero-order valence-electron chi connectivity index (χ0n) is 10.4. The number of nitrogens with zero attached hydrogens (tertiary/aromatic N) is 1. The van der Waals surface area contributed by atoms with Gasteiger partial charge in [-0.2, -0.15) is 0 Å². The molecule has 1 fully saturated rings. The molecule has 0 bridgehead atoms. The first-order chi connectivity index (χ1) is 7.59. The summed E-state index contributed by atoms with van der Waals surface area (Å²) >= 11 is 0.898. The van der Waals surface area contributed by atoms with Crippen molar-refractivity contribution >= 4 is 34.7 Å². The number of rotatable bonds is 2. The molecular weight excluding hydrogens is 387 g/mol. The Bertz CT molecular complexity index is 431. The molecule has 82 valence electrons. The van der Waals surface area contributed by atoms with Gasteiger partial charge in [-0.05, 0) is 0 Å². The van der Waals surface area contributed by atoms with E-state index < -0.39 is 0 Å². The average molecular weight is 405 g/mol. The van der Waals surface area contributed by atoms with Gasteiger partial charge >= 0.3 is 114 Å². The second-order valence-corrected chi connectivity index (χ2v) is 7.14. The third kappa shape index (κ3) is 2.39. The van der Waals surface area contributed by atoms with Crippen LogP contribution in [0.4, 0.5) is 5.69 Å². The molecule has 1 nitrogen and oxygen atoms in total. The molecule has 0 aromatic heterocycles. The average Bonchev–Trinajstić information content (AvgIpc) is 2.16. The van der Waals surface area contributed by atoms with E-state index in [1.807, 2.05) is 0 Å². The van der Waals surface area contributed by atoms with Gasteiger partial charge in [0.05, 0.1) is 0 Å². The summed E-state index contributed by atoms with van der Waals surface area (Å²) in [5.41, 5.74) is 5.28. The minimum atomic E-state index is 0.823. The van der Waals surface area contributed by atoms with Gasteiger partial charge in [0, 0.05) is 0 Å². The van der Waals surface area contributed by atoms with Crippen molar-refractivity contribution in [1.82, 2.24) is 0 Å². The van der Waals surface area contributed by atoms with Crippen LogP contribution < -0.4 is 0 Å². The van der Waals surface area contributed by atoms with E-state index in [0.717, 1.165) is 31.7 Å². The van der Waals surface area contributed by atoms with Gasteiger partial charge in [0.1, 0.15) is 0 Å². The molecule has 0 atom stereocenters. The Labute approximate surface area is 114 Å². The van der Waals surface area contributed by atoms with Crippen molar-refractivity contribution in [3.63, 3.8) is 0 Å². The molecule has 0 spiro atoms. The van der Waals surface area contributed by atoms with Gasteiger partial charge in [-0.3, -0.25) is 0 Å². The number of hydrogen-bond donors (Lipinski definition) is 0. The standard InChI is InChI=1S/C14H18N.Tl/c1-10-7-8-11(2)14(12(10)3)15-9-13-5-4-6-13;/h7-8,13H,4-6H2,1-3H3;. The molecule has 16 heavy (non-hydrogen) atoms. The van der Waals surface area contributed by atoms with Crippen LogP contribution in [0.2, 0.25) is 0 Å². The maximum atomic E-state index is 4.93. The molecule has 1 aliphatic rings. The van der Waals surface area contributed by atoms with Gasteiger partial charge < -0.3 is 0 Å². The summed E-state index contributed by atoms with van der Waals surface area (Å²) in [5, 5.41) is 0. The zero-order chi connectivity index (χ0) is 11.7. The van der Waals surface area contributed by atoms with E-state index in [1.165, 1.54) is 44.9 Å². The summed E-state index contributed by atoms with van der Waals surface area (Å²) in [6.45, 7) is 6.54. The Balaban J connectivity index is 2.36. The first kappa shape index (κ1) is 12.3. The molecule has 1 aromatic rings. The molecule has 1 aliphatic carbocycles. The fourth-order valence-corrected chi connectivity index (χ4v) is 3.83. The second-order valence-electron chi connectivity index (χ2n) is 4.84. The molecule has 0 amide bonds.